The highest BCUT2D eigenvalue weighted by Gasteiger charge is 2.17. The fourth-order valence-electron chi connectivity index (χ4n) is 2.15. The number of nitro benzene ring substituents is 1. The molecule has 142 valence electrons. The molecule has 0 radical (unpaired) electrons. The van der Waals surface area contributed by atoms with E-state index in [1.54, 1.807) is 12.1 Å². The first-order chi connectivity index (χ1) is 12.9. The van der Waals surface area contributed by atoms with Crippen LogP contribution in [0.15, 0.2) is 42.5 Å². The second-order valence-electron chi connectivity index (χ2n) is 5.60. The maximum Gasteiger partial charge on any atom is 0.296 e. The van der Waals surface area contributed by atoms with Crippen molar-refractivity contribution in [3.63, 3.8) is 0 Å². The van der Waals surface area contributed by atoms with E-state index < -0.39 is 10.8 Å². The summed E-state index contributed by atoms with van der Waals surface area (Å²) in [5, 5.41) is 16.3. The highest BCUT2D eigenvalue weighted by molar-refractivity contribution is 8.00. The smallest absolute Gasteiger partial charge is 0.296 e. The van der Waals surface area contributed by atoms with Crippen LogP contribution in [0.25, 0.3) is 0 Å². The van der Waals surface area contributed by atoms with Gasteiger partial charge in [0.25, 0.3) is 5.69 Å². The summed E-state index contributed by atoms with van der Waals surface area (Å²) in [5.74, 6) is -0.262. The van der Waals surface area contributed by atoms with Crippen molar-refractivity contribution in [2.45, 2.75) is 6.92 Å². The average Bonchev–Trinajstić information content (AvgIpc) is 2.63. The van der Waals surface area contributed by atoms with Crippen molar-refractivity contribution >= 4 is 40.6 Å². The highest BCUT2D eigenvalue weighted by atomic mass is 32.2. The molecular weight excluding hydrogens is 370 g/mol. The topological polar surface area (TPSA) is 111 Å². The van der Waals surface area contributed by atoms with Gasteiger partial charge in [-0.1, -0.05) is 17.7 Å². The summed E-state index contributed by atoms with van der Waals surface area (Å²) in [6.45, 7) is 1.95. The first kappa shape index (κ1) is 20.2. The van der Waals surface area contributed by atoms with Crippen LogP contribution in [0.3, 0.4) is 0 Å². The SMILES string of the molecule is COc1ccc(NC(=O)CSCC(=O)Nc2ccc(C)cc2)c([N+](=O)[O-])c1. The van der Waals surface area contributed by atoms with Crippen molar-refractivity contribution in [1.82, 2.24) is 0 Å². The van der Waals surface area contributed by atoms with E-state index in [2.05, 4.69) is 10.6 Å². The number of carbonyl (C=O) groups excluding carboxylic acids is 2. The lowest BCUT2D eigenvalue weighted by Crippen LogP contribution is -2.19. The molecule has 0 atom stereocenters. The Labute approximate surface area is 160 Å². The molecule has 0 saturated heterocycles. The molecule has 0 heterocycles. The third-order valence-electron chi connectivity index (χ3n) is 3.48. The Hall–Kier alpha value is -3.07. The average molecular weight is 389 g/mol. The maximum atomic E-state index is 12.0. The summed E-state index contributed by atoms with van der Waals surface area (Å²) in [4.78, 5) is 34.4. The molecule has 2 aromatic rings. The number of carbonyl (C=O) groups is 2. The number of hydrogen-bond donors (Lipinski definition) is 2. The lowest BCUT2D eigenvalue weighted by molar-refractivity contribution is -0.384. The second kappa shape index (κ2) is 9.58. The van der Waals surface area contributed by atoms with Gasteiger partial charge in [-0.15, -0.1) is 11.8 Å². The van der Waals surface area contributed by atoms with E-state index >= 15 is 0 Å². The number of aryl methyl sites for hydroxylation is 1. The van der Waals surface area contributed by atoms with E-state index in [0.717, 1.165) is 17.3 Å². The number of thioether (sulfide) groups is 1. The normalized spacial score (nSPS) is 10.1. The van der Waals surface area contributed by atoms with Gasteiger partial charge in [0.2, 0.25) is 11.8 Å². The Balaban J connectivity index is 1.83. The molecule has 0 aliphatic rings. The number of rotatable bonds is 8. The van der Waals surface area contributed by atoms with Crippen molar-refractivity contribution < 1.29 is 19.2 Å². The first-order valence-corrected chi connectivity index (χ1v) is 9.11. The van der Waals surface area contributed by atoms with Crippen molar-refractivity contribution in [2.24, 2.45) is 0 Å². The van der Waals surface area contributed by atoms with Crippen LogP contribution in [-0.2, 0) is 9.59 Å². The molecule has 0 aromatic heterocycles. The van der Waals surface area contributed by atoms with Crippen molar-refractivity contribution in [1.29, 1.82) is 0 Å². The second-order valence-corrected chi connectivity index (χ2v) is 6.58. The standard InChI is InChI=1S/C18H19N3O5S/c1-12-3-5-13(6-4-12)19-17(22)10-27-11-18(23)20-15-8-7-14(26-2)9-16(15)21(24)25/h3-9H,10-11H2,1-2H3,(H,19,22)(H,20,23). The molecule has 0 aliphatic carbocycles. The molecule has 27 heavy (non-hydrogen) atoms. The number of benzene rings is 2. The zero-order chi connectivity index (χ0) is 19.8. The van der Waals surface area contributed by atoms with E-state index in [1.165, 1.54) is 25.3 Å². The third kappa shape index (κ3) is 6.30. The van der Waals surface area contributed by atoms with Gasteiger partial charge in [0, 0.05) is 5.69 Å². The molecule has 2 N–H and O–H groups in total. The Morgan fingerprint density at radius 1 is 1.07 bits per heavy atom. The van der Waals surface area contributed by atoms with Gasteiger partial charge in [-0.3, -0.25) is 19.7 Å². The molecule has 0 aliphatic heterocycles. The van der Waals surface area contributed by atoms with Crippen LogP contribution >= 0.6 is 11.8 Å². The van der Waals surface area contributed by atoms with E-state index in [4.69, 9.17) is 4.74 Å². The van der Waals surface area contributed by atoms with E-state index in [0.29, 0.717) is 11.4 Å². The number of ether oxygens (including phenoxy) is 1. The van der Waals surface area contributed by atoms with Gasteiger partial charge in [0.1, 0.15) is 11.4 Å². The summed E-state index contributed by atoms with van der Waals surface area (Å²) < 4.78 is 4.95. The number of amides is 2. The van der Waals surface area contributed by atoms with E-state index in [-0.39, 0.29) is 28.8 Å². The zero-order valence-corrected chi connectivity index (χ0v) is 15.7. The van der Waals surface area contributed by atoms with Crippen LogP contribution in [0.1, 0.15) is 5.56 Å². The van der Waals surface area contributed by atoms with Crippen LogP contribution in [-0.4, -0.2) is 35.4 Å². The first-order valence-electron chi connectivity index (χ1n) is 7.95. The van der Waals surface area contributed by atoms with Gasteiger partial charge >= 0.3 is 0 Å². The molecular formula is C18H19N3O5S. The molecule has 0 saturated carbocycles. The molecule has 8 nitrogen and oxygen atoms in total. The van der Waals surface area contributed by atoms with Crippen LogP contribution in [0.2, 0.25) is 0 Å². The minimum atomic E-state index is -0.597. The number of nitrogens with zero attached hydrogens (tertiary/aromatic N) is 1. The van der Waals surface area contributed by atoms with Gasteiger partial charge in [0.15, 0.2) is 0 Å². The quantitative estimate of drug-likeness (QED) is 0.530. The van der Waals surface area contributed by atoms with Gasteiger partial charge in [0.05, 0.1) is 29.6 Å². The van der Waals surface area contributed by atoms with Gasteiger partial charge in [-0.25, -0.2) is 0 Å². The van der Waals surface area contributed by atoms with Gasteiger partial charge in [-0.2, -0.15) is 0 Å². The minimum Gasteiger partial charge on any atom is -0.496 e. The van der Waals surface area contributed by atoms with Crippen molar-refractivity contribution in [3.8, 4) is 5.75 Å². The largest absolute Gasteiger partial charge is 0.496 e. The molecule has 2 rings (SSSR count). The van der Waals surface area contributed by atoms with Crippen LogP contribution in [0.4, 0.5) is 17.1 Å². The van der Waals surface area contributed by atoms with Crippen LogP contribution in [0, 0.1) is 17.0 Å². The Morgan fingerprint density at radius 2 is 1.70 bits per heavy atom. The highest BCUT2D eigenvalue weighted by Crippen LogP contribution is 2.29. The zero-order valence-electron chi connectivity index (χ0n) is 14.9. The monoisotopic (exact) mass is 389 g/mol. The van der Waals surface area contributed by atoms with Crippen LogP contribution in [0.5, 0.6) is 5.75 Å². The van der Waals surface area contributed by atoms with E-state index in [1.807, 2.05) is 19.1 Å². The molecule has 0 spiro atoms. The number of nitro groups is 1. The fraction of sp³-hybridized carbons (Fsp3) is 0.222. The number of anilines is 2. The summed E-state index contributed by atoms with van der Waals surface area (Å²) in [6, 6.07) is 11.5. The van der Waals surface area contributed by atoms with Crippen LogP contribution < -0.4 is 15.4 Å². The number of methoxy groups -OCH3 is 1. The molecule has 9 heteroatoms. The Bertz CT molecular complexity index is 839. The van der Waals surface area contributed by atoms with E-state index in [9.17, 15) is 19.7 Å². The summed E-state index contributed by atoms with van der Waals surface area (Å²) in [6.07, 6.45) is 0. The molecule has 2 amide bonds. The third-order valence-corrected chi connectivity index (χ3v) is 4.41. The number of nitrogens with one attached hydrogen (secondary N) is 2. The summed E-state index contributed by atoms with van der Waals surface area (Å²) >= 11 is 1.11. The van der Waals surface area contributed by atoms with Crippen molar-refractivity contribution in [3.05, 3.63) is 58.1 Å². The maximum absolute atomic E-state index is 12.0. The number of hydrogen-bond acceptors (Lipinski definition) is 6. The predicted molar refractivity (Wildman–Crippen MR) is 105 cm³/mol. The molecule has 0 bridgehead atoms. The van der Waals surface area contributed by atoms with Gasteiger partial charge < -0.3 is 15.4 Å². The molecule has 2 aromatic carbocycles. The summed E-state index contributed by atoms with van der Waals surface area (Å²) in [7, 11) is 1.40. The lowest BCUT2D eigenvalue weighted by atomic mass is 10.2. The minimum absolute atomic E-state index is 0.00942. The summed E-state index contributed by atoms with van der Waals surface area (Å²) in [5.41, 5.74) is 1.59. The van der Waals surface area contributed by atoms with Gasteiger partial charge in [-0.05, 0) is 31.2 Å². The Kier molecular flexibility index (Phi) is 7.18. The lowest BCUT2D eigenvalue weighted by Gasteiger charge is -2.08. The predicted octanol–water partition coefficient (Wildman–Crippen LogP) is 3.22. The Morgan fingerprint density at radius 3 is 2.30 bits per heavy atom. The molecule has 0 fully saturated rings. The fourth-order valence-corrected chi connectivity index (χ4v) is 2.77. The molecule has 0 unspecified atom stereocenters. The van der Waals surface area contributed by atoms with Crippen molar-refractivity contribution in [2.75, 3.05) is 29.2 Å².